The fourth-order valence-corrected chi connectivity index (χ4v) is 1.55. The Labute approximate surface area is 98.5 Å². The maximum atomic E-state index is 11.7. The molecule has 0 aliphatic heterocycles. The van der Waals surface area contributed by atoms with Crippen LogP contribution in [-0.2, 0) is 17.8 Å². The highest BCUT2D eigenvalue weighted by Crippen LogP contribution is 2.00. The average Bonchev–Trinajstić information content (AvgIpc) is 2.33. The van der Waals surface area contributed by atoms with Gasteiger partial charge in [0.15, 0.2) is 5.78 Å². The standard InChI is InChI=1S/C13H12N2O2/c16-12(9-11-5-2-1-3-6-11)10-15-13(17)7-4-8-14-15/h1-8H,9-10H2. The van der Waals surface area contributed by atoms with Gasteiger partial charge in [-0.3, -0.25) is 9.59 Å². The van der Waals surface area contributed by atoms with Crippen molar-refractivity contribution in [3.8, 4) is 0 Å². The Bertz CT molecular complexity index is 561. The number of aromatic nitrogens is 2. The fraction of sp³-hybridized carbons (Fsp3) is 0.154. The molecular weight excluding hydrogens is 216 g/mol. The highest BCUT2D eigenvalue weighted by atomic mass is 16.1. The number of nitrogens with zero attached hydrogens (tertiary/aromatic N) is 2. The van der Waals surface area contributed by atoms with Crippen molar-refractivity contribution in [2.45, 2.75) is 13.0 Å². The highest BCUT2D eigenvalue weighted by molar-refractivity contribution is 5.80. The topological polar surface area (TPSA) is 52.0 Å². The molecule has 0 N–H and O–H groups in total. The third-order valence-electron chi connectivity index (χ3n) is 2.36. The van der Waals surface area contributed by atoms with E-state index >= 15 is 0 Å². The molecule has 0 saturated carbocycles. The molecule has 4 heteroatoms. The Balaban J connectivity index is 2.04. The molecule has 1 aromatic heterocycles. The van der Waals surface area contributed by atoms with Crippen molar-refractivity contribution in [3.63, 3.8) is 0 Å². The second kappa shape index (κ2) is 5.21. The number of hydrogen-bond acceptors (Lipinski definition) is 3. The number of carbonyl (C=O) groups excluding carboxylic acids is 1. The second-order valence-electron chi connectivity index (χ2n) is 3.72. The van der Waals surface area contributed by atoms with Crippen LogP contribution in [0.25, 0.3) is 0 Å². The summed E-state index contributed by atoms with van der Waals surface area (Å²) in [4.78, 5) is 23.1. The highest BCUT2D eigenvalue weighted by Gasteiger charge is 2.06. The molecular formula is C13H12N2O2. The molecule has 1 aromatic carbocycles. The maximum absolute atomic E-state index is 11.7. The minimum Gasteiger partial charge on any atom is -0.297 e. The summed E-state index contributed by atoms with van der Waals surface area (Å²) in [5.41, 5.74) is 0.690. The first kappa shape index (κ1) is 11.3. The summed E-state index contributed by atoms with van der Waals surface area (Å²) in [6, 6.07) is 12.4. The molecule has 0 spiro atoms. The summed E-state index contributed by atoms with van der Waals surface area (Å²) in [6.07, 6.45) is 1.82. The van der Waals surface area contributed by atoms with Crippen LogP contribution in [0.2, 0.25) is 0 Å². The Morgan fingerprint density at radius 1 is 1.12 bits per heavy atom. The van der Waals surface area contributed by atoms with E-state index in [0.717, 1.165) is 5.56 Å². The van der Waals surface area contributed by atoms with Gasteiger partial charge in [-0.05, 0) is 11.6 Å². The monoisotopic (exact) mass is 228 g/mol. The summed E-state index contributed by atoms with van der Waals surface area (Å²) in [7, 11) is 0. The van der Waals surface area contributed by atoms with Crippen molar-refractivity contribution < 1.29 is 4.79 Å². The second-order valence-corrected chi connectivity index (χ2v) is 3.72. The molecule has 0 saturated heterocycles. The van der Waals surface area contributed by atoms with E-state index < -0.39 is 0 Å². The minimum atomic E-state index is -0.256. The molecule has 4 nitrogen and oxygen atoms in total. The Morgan fingerprint density at radius 3 is 2.59 bits per heavy atom. The van der Waals surface area contributed by atoms with Crippen LogP contribution in [0.1, 0.15) is 5.56 Å². The molecule has 0 unspecified atom stereocenters. The van der Waals surface area contributed by atoms with Gasteiger partial charge in [0.2, 0.25) is 0 Å². The van der Waals surface area contributed by atoms with Crippen LogP contribution in [0.5, 0.6) is 0 Å². The van der Waals surface area contributed by atoms with Gasteiger partial charge in [-0.15, -0.1) is 0 Å². The zero-order chi connectivity index (χ0) is 12.1. The maximum Gasteiger partial charge on any atom is 0.267 e. The summed E-state index contributed by atoms with van der Waals surface area (Å²) in [5.74, 6) is -0.0306. The van der Waals surface area contributed by atoms with Crippen LogP contribution in [-0.4, -0.2) is 15.6 Å². The molecule has 0 radical (unpaired) electrons. The number of ketones is 1. The Morgan fingerprint density at radius 2 is 1.88 bits per heavy atom. The number of hydrogen-bond donors (Lipinski definition) is 0. The van der Waals surface area contributed by atoms with Crippen molar-refractivity contribution in [1.82, 2.24) is 9.78 Å². The quantitative estimate of drug-likeness (QED) is 0.786. The Kier molecular flexibility index (Phi) is 3.45. The van der Waals surface area contributed by atoms with Gasteiger partial charge in [0.25, 0.3) is 5.56 Å². The number of rotatable bonds is 4. The van der Waals surface area contributed by atoms with Crippen LogP contribution in [0.4, 0.5) is 0 Å². The van der Waals surface area contributed by atoms with Gasteiger partial charge in [-0.25, -0.2) is 4.68 Å². The van der Waals surface area contributed by atoms with E-state index in [2.05, 4.69) is 5.10 Å². The largest absolute Gasteiger partial charge is 0.297 e. The smallest absolute Gasteiger partial charge is 0.267 e. The molecule has 17 heavy (non-hydrogen) atoms. The molecule has 2 aromatic rings. The molecule has 0 amide bonds. The normalized spacial score (nSPS) is 10.1. The molecule has 0 atom stereocenters. The van der Waals surface area contributed by atoms with Crippen LogP contribution in [0.3, 0.4) is 0 Å². The first-order valence-electron chi connectivity index (χ1n) is 5.33. The third-order valence-corrected chi connectivity index (χ3v) is 2.36. The molecule has 1 heterocycles. The lowest BCUT2D eigenvalue weighted by molar-refractivity contribution is -0.119. The third kappa shape index (κ3) is 3.11. The fourth-order valence-electron chi connectivity index (χ4n) is 1.55. The molecule has 0 aliphatic carbocycles. The first-order valence-corrected chi connectivity index (χ1v) is 5.33. The van der Waals surface area contributed by atoms with E-state index in [1.54, 1.807) is 6.07 Å². The van der Waals surface area contributed by atoms with Gasteiger partial charge in [-0.1, -0.05) is 30.3 Å². The van der Waals surface area contributed by atoms with E-state index in [9.17, 15) is 9.59 Å². The molecule has 0 aliphatic rings. The predicted octanol–water partition coefficient (Wildman–Crippen LogP) is 1.06. The molecule has 0 bridgehead atoms. The van der Waals surface area contributed by atoms with E-state index in [0.29, 0.717) is 6.42 Å². The first-order chi connectivity index (χ1) is 8.25. The van der Waals surface area contributed by atoms with E-state index in [4.69, 9.17) is 0 Å². The number of Topliss-reactive ketones (excluding diaryl/α,β-unsaturated/α-hetero) is 1. The summed E-state index contributed by atoms with van der Waals surface area (Å²) < 4.78 is 1.17. The van der Waals surface area contributed by atoms with Crippen molar-refractivity contribution in [3.05, 3.63) is 64.6 Å². The van der Waals surface area contributed by atoms with Crippen LogP contribution < -0.4 is 5.56 Å². The van der Waals surface area contributed by atoms with E-state index in [-0.39, 0.29) is 17.9 Å². The van der Waals surface area contributed by atoms with Crippen molar-refractivity contribution in [2.75, 3.05) is 0 Å². The van der Waals surface area contributed by atoms with Gasteiger partial charge in [0, 0.05) is 18.7 Å². The zero-order valence-corrected chi connectivity index (χ0v) is 9.24. The van der Waals surface area contributed by atoms with Crippen LogP contribution in [0.15, 0.2) is 53.5 Å². The Hall–Kier alpha value is -2.23. The molecule has 2 rings (SSSR count). The lowest BCUT2D eigenvalue weighted by atomic mass is 10.1. The summed E-state index contributed by atoms with van der Waals surface area (Å²) in [5, 5.41) is 3.84. The van der Waals surface area contributed by atoms with Crippen molar-refractivity contribution >= 4 is 5.78 Å². The van der Waals surface area contributed by atoms with E-state index in [1.165, 1.54) is 16.9 Å². The SMILES string of the molecule is O=C(Cc1ccccc1)Cn1ncccc1=O. The number of benzene rings is 1. The van der Waals surface area contributed by atoms with Gasteiger partial charge in [0.05, 0.1) is 0 Å². The summed E-state index contributed by atoms with van der Waals surface area (Å²) >= 11 is 0. The van der Waals surface area contributed by atoms with Crippen molar-refractivity contribution in [2.24, 2.45) is 0 Å². The van der Waals surface area contributed by atoms with Gasteiger partial charge < -0.3 is 0 Å². The van der Waals surface area contributed by atoms with Gasteiger partial charge >= 0.3 is 0 Å². The minimum absolute atomic E-state index is 0.0224. The van der Waals surface area contributed by atoms with E-state index in [1.807, 2.05) is 30.3 Å². The summed E-state index contributed by atoms with van der Waals surface area (Å²) in [6.45, 7) is 0.0224. The van der Waals surface area contributed by atoms with Crippen molar-refractivity contribution in [1.29, 1.82) is 0 Å². The lowest BCUT2D eigenvalue weighted by Crippen LogP contribution is -2.26. The molecule has 0 fully saturated rings. The van der Waals surface area contributed by atoms with Gasteiger partial charge in [0.1, 0.15) is 6.54 Å². The number of carbonyl (C=O) groups is 1. The average molecular weight is 228 g/mol. The van der Waals surface area contributed by atoms with Gasteiger partial charge in [-0.2, -0.15) is 5.10 Å². The molecule has 86 valence electrons. The predicted molar refractivity (Wildman–Crippen MR) is 63.7 cm³/mol. The lowest BCUT2D eigenvalue weighted by Gasteiger charge is -2.03. The van der Waals surface area contributed by atoms with Crippen LogP contribution >= 0.6 is 0 Å². The van der Waals surface area contributed by atoms with Crippen LogP contribution in [0, 0.1) is 0 Å². The zero-order valence-electron chi connectivity index (χ0n) is 9.24.